The first-order chi connectivity index (χ1) is 7.81. The van der Waals surface area contributed by atoms with Crippen LogP contribution in [0.4, 0.5) is 5.95 Å². The lowest BCUT2D eigenvalue weighted by Gasteiger charge is -2.09. The fourth-order valence-electron chi connectivity index (χ4n) is 2.03. The maximum atomic E-state index is 12.3. The van der Waals surface area contributed by atoms with Crippen LogP contribution in [0, 0.1) is 0 Å². The lowest BCUT2D eigenvalue weighted by atomic mass is 10.2. The molecule has 16 heavy (non-hydrogen) atoms. The molecule has 0 saturated carbocycles. The van der Waals surface area contributed by atoms with Crippen molar-refractivity contribution in [2.75, 3.05) is 17.2 Å². The van der Waals surface area contributed by atoms with Crippen molar-refractivity contribution in [3.8, 4) is 0 Å². The molecule has 0 saturated heterocycles. The van der Waals surface area contributed by atoms with Crippen molar-refractivity contribution in [3.63, 3.8) is 0 Å². The van der Waals surface area contributed by atoms with Gasteiger partial charge in [-0.25, -0.2) is 4.98 Å². The molecule has 1 atom stereocenters. The number of aromatic nitrogens is 2. The summed E-state index contributed by atoms with van der Waals surface area (Å²) < 4.78 is 1.73. The second-order valence-corrected chi connectivity index (χ2v) is 4.46. The molecule has 4 nitrogen and oxygen atoms in total. The summed E-state index contributed by atoms with van der Waals surface area (Å²) in [5, 5.41) is 4.59. The highest BCUT2D eigenvalue weighted by atomic mass is 79.9. The van der Waals surface area contributed by atoms with E-state index in [2.05, 4.69) is 26.2 Å². The molecule has 5 heteroatoms. The van der Waals surface area contributed by atoms with Crippen molar-refractivity contribution in [1.82, 2.24) is 9.55 Å². The molecule has 2 heterocycles. The van der Waals surface area contributed by atoms with E-state index in [4.69, 9.17) is 0 Å². The highest BCUT2D eigenvalue weighted by molar-refractivity contribution is 9.09. The molecule has 1 aliphatic rings. The highest BCUT2D eigenvalue weighted by Crippen LogP contribution is 2.22. The van der Waals surface area contributed by atoms with Crippen molar-refractivity contribution < 1.29 is 0 Å². The smallest absolute Gasteiger partial charge is 0.263 e. The minimum absolute atomic E-state index is 0.0371. The molecular weight excluding hydrogens is 270 g/mol. The van der Waals surface area contributed by atoms with Gasteiger partial charge < -0.3 is 5.32 Å². The van der Waals surface area contributed by atoms with Crippen molar-refractivity contribution in [1.29, 1.82) is 0 Å². The summed E-state index contributed by atoms with van der Waals surface area (Å²) in [6.07, 6.45) is 0. The van der Waals surface area contributed by atoms with Crippen LogP contribution >= 0.6 is 15.9 Å². The monoisotopic (exact) mass is 279 g/mol. The molecule has 3 rings (SSSR count). The summed E-state index contributed by atoms with van der Waals surface area (Å²) in [4.78, 5) is 16.7. The molecule has 0 aliphatic carbocycles. The first-order valence-electron chi connectivity index (χ1n) is 5.12. The SMILES string of the molecule is O=c1c2ccccc2nc2n1[C@H](CBr)CN2. The zero-order chi connectivity index (χ0) is 11.1. The van der Waals surface area contributed by atoms with E-state index in [0.717, 1.165) is 17.4 Å². The topological polar surface area (TPSA) is 46.9 Å². The summed E-state index contributed by atoms with van der Waals surface area (Å²) in [5.41, 5.74) is 0.788. The Hall–Kier alpha value is -1.36. The van der Waals surface area contributed by atoms with Gasteiger partial charge in [0.05, 0.1) is 16.9 Å². The second kappa shape index (κ2) is 3.59. The van der Waals surface area contributed by atoms with Crippen LogP contribution in [0.25, 0.3) is 10.9 Å². The van der Waals surface area contributed by atoms with Crippen LogP contribution in [-0.2, 0) is 0 Å². The summed E-state index contributed by atoms with van der Waals surface area (Å²) in [5.74, 6) is 0.674. The number of alkyl halides is 1. The van der Waals surface area contributed by atoms with Gasteiger partial charge >= 0.3 is 0 Å². The molecule has 1 aromatic carbocycles. The van der Waals surface area contributed by atoms with E-state index in [1.54, 1.807) is 4.57 Å². The minimum Gasteiger partial charge on any atom is -0.353 e. The first-order valence-corrected chi connectivity index (χ1v) is 6.24. The lowest BCUT2D eigenvalue weighted by Crippen LogP contribution is -2.24. The van der Waals surface area contributed by atoms with Gasteiger partial charge in [0.25, 0.3) is 5.56 Å². The van der Waals surface area contributed by atoms with Crippen LogP contribution in [0.3, 0.4) is 0 Å². The number of hydrogen-bond donors (Lipinski definition) is 1. The molecule has 0 amide bonds. The lowest BCUT2D eigenvalue weighted by molar-refractivity contribution is 0.622. The van der Waals surface area contributed by atoms with Crippen molar-refractivity contribution in [3.05, 3.63) is 34.6 Å². The summed E-state index contributed by atoms with van der Waals surface area (Å²) in [6.45, 7) is 0.754. The number of rotatable bonds is 1. The van der Waals surface area contributed by atoms with E-state index in [1.165, 1.54) is 0 Å². The number of fused-ring (bicyclic) bond motifs is 2. The quantitative estimate of drug-likeness (QED) is 0.810. The predicted molar refractivity (Wildman–Crippen MR) is 67.3 cm³/mol. The fourth-order valence-corrected chi connectivity index (χ4v) is 2.55. The zero-order valence-electron chi connectivity index (χ0n) is 8.48. The number of nitrogens with one attached hydrogen (secondary N) is 1. The molecule has 1 N–H and O–H groups in total. The van der Waals surface area contributed by atoms with Gasteiger partial charge in [0.15, 0.2) is 0 Å². The van der Waals surface area contributed by atoms with Gasteiger partial charge in [-0.15, -0.1) is 0 Å². The number of anilines is 1. The van der Waals surface area contributed by atoms with Gasteiger partial charge in [-0.05, 0) is 12.1 Å². The van der Waals surface area contributed by atoms with E-state index in [0.29, 0.717) is 11.3 Å². The van der Waals surface area contributed by atoms with Crippen LogP contribution in [0.1, 0.15) is 6.04 Å². The third-order valence-corrected chi connectivity index (χ3v) is 3.59. The number of hydrogen-bond acceptors (Lipinski definition) is 3. The van der Waals surface area contributed by atoms with E-state index >= 15 is 0 Å². The van der Waals surface area contributed by atoms with Crippen molar-refractivity contribution >= 4 is 32.8 Å². The predicted octanol–water partition coefficient (Wildman–Crippen LogP) is 1.76. The maximum absolute atomic E-state index is 12.3. The van der Waals surface area contributed by atoms with Gasteiger partial charge in [-0.2, -0.15) is 0 Å². The van der Waals surface area contributed by atoms with Crippen LogP contribution in [0.15, 0.2) is 29.1 Å². The van der Waals surface area contributed by atoms with E-state index in [-0.39, 0.29) is 11.6 Å². The maximum Gasteiger partial charge on any atom is 0.263 e. The number of nitrogens with zero attached hydrogens (tertiary/aromatic N) is 2. The van der Waals surface area contributed by atoms with Gasteiger partial charge in [-0.3, -0.25) is 9.36 Å². The zero-order valence-corrected chi connectivity index (χ0v) is 10.1. The van der Waals surface area contributed by atoms with Gasteiger partial charge in [0.2, 0.25) is 5.95 Å². The Labute approximate surface area is 100 Å². The van der Waals surface area contributed by atoms with Crippen LogP contribution in [-0.4, -0.2) is 21.4 Å². The Balaban J connectivity index is 2.37. The van der Waals surface area contributed by atoms with Crippen LogP contribution < -0.4 is 10.9 Å². The Morgan fingerprint density at radius 3 is 3.12 bits per heavy atom. The van der Waals surface area contributed by atoms with E-state index < -0.39 is 0 Å². The molecule has 82 valence electrons. The largest absolute Gasteiger partial charge is 0.353 e. The molecule has 0 fully saturated rings. The normalized spacial score (nSPS) is 18.4. The molecule has 0 spiro atoms. The molecule has 1 aliphatic heterocycles. The summed E-state index contributed by atoms with van der Waals surface area (Å²) in [6, 6.07) is 7.59. The van der Waals surface area contributed by atoms with Gasteiger partial charge in [0.1, 0.15) is 0 Å². The Morgan fingerprint density at radius 1 is 1.50 bits per heavy atom. The van der Waals surface area contributed by atoms with Crippen LogP contribution in [0.2, 0.25) is 0 Å². The molecule has 0 radical (unpaired) electrons. The standard InChI is InChI=1S/C11H10BrN3O/c12-5-7-6-13-11-14-9-4-2-1-3-8(9)10(16)15(7)11/h1-4,7H,5-6H2,(H,13,14)/t7-/m1/s1. The van der Waals surface area contributed by atoms with E-state index in [1.807, 2.05) is 24.3 Å². The summed E-state index contributed by atoms with van der Waals surface area (Å²) >= 11 is 3.42. The minimum atomic E-state index is 0.0371. The molecule has 0 bridgehead atoms. The molecule has 1 aromatic heterocycles. The third kappa shape index (κ3) is 1.28. The third-order valence-electron chi connectivity index (χ3n) is 2.85. The average molecular weight is 280 g/mol. The molecular formula is C11H10BrN3O. The number of para-hydroxylation sites is 1. The Bertz CT molecular complexity index is 608. The summed E-state index contributed by atoms with van der Waals surface area (Å²) in [7, 11) is 0. The molecule has 0 unspecified atom stereocenters. The highest BCUT2D eigenvalue weighted by Gasteiger charge is 2.23. The Kier molecular flexibility index (Phi) is 2.21. The van der Waals surface area contributed by atoms with Crippen molar-refractivity contribution in [2.24, 2.45) is 0 Å². The number of benzene rings is 1. The molecule has 2 aromatic rings. The van der Waals surface area contributed by atoms with Crippen LogP contribution in [0.5, 0.6) is 0 Å². The Morgan fingerprint density at radius 2 is 2.31 bits per heavy atom. The second-order valence-electron chi connectivity index (χ2n) is 3.82. The van der Waals surface area contributed by atoms with E-state index in [9.17, 15) is 4.79 Å². The average Bonchev–Trinajstić information content (AvgIpc) is 2.72. The fraction of sp³-hybridized carbons (Fsp3) is 0.273. The van der Waals surface area contributed by atoms with Gasteiger partial charge in [-0.1, -0.05) is 28.1 Å². The van der Waals surface area contributed by atoms with Gasteiger partial charge in [0, 0.05) is 11.9 Å². The van der Waals surface area contributed by atoms with Crippen molar-refractivity contribution in [2.45, 2.75) is 6.04 Å². The first kappa shape index (κ1) is 9.84. The number of halogens is 1.